The first-order valence-corrected chi connectivity index (χ1v) is 10.6. The Morgan fingerprint density at radius 1 is 1.24 bits per heavy atom. The first-order valence-electron chi connectivity index (χ1n) is 10.6. The highest BCUT2D eigenvalue weighted by molar-refractivity contribution is 6.01. The Morgan fingerprint density at radius 2 is 2.03 bits per heavy atom. The number of aromatic nitrogens is 1. The van der Waals surface area contributed by atoms with E-state index in [1.165, 1.54) is 0 Å². The average molecular weight is 396 g/mol. The summed E-state index contributed by atoms with van der Waals surface area (Å²) in [6, 6.07) is 11.9. The molecule has 1 aromatic heterocycles. The van der Waals surface area contributed by atoms with Gasteiger partial charge in [-0.1, -0.05) is 37.3 Å². The zero-order chi connectivity index (χ0) is 20.4. The molecule has 0 radical (unpaired) electrons. The molecule has 1 aromatic carbocycles. The van der Waals surface area contributed by atoms with Crippen molar-refractivity contribution in [2.75, 3.05) is 13.2 Å². The summed E-state index contributed by atoms with van der Waals surface area (Å²) in [6.07, 6.45) is 2.86. The van der Waals surface area contributed by atoms with Crippen LogP contribution < -0.4 is 5.32 Å². The summed E-state index contributed by atoms with van der Waals surface area (Å²) < 4.78 is 7.60. The second kappa shape index (κ2) is 8.41. The molecule has 3 heterocycles. The van der Waals surface area contributed by atoms with Gasteiger partial charge in [0.05, 0.1) is 30.5 Å². The monoisotopic (exact) mass is 395 g/mol. The highest BCUT2D eigenvalue weighted by Crippen LogP contribution is 2.26. The van der Waals surface area contributed by atoms with Gasteiger partial charge in [0.1, 0.15) is 5.69 Å². The molecule has 1 N–H and O–H groups in total. The predicted octanol–water partition coefficient (Wildman–Crippen LogP) is 3.52. The van der Waals surface area contributed by atoms with Gasteiger partial charge in [-0.3, -0.25) is 9.59 Å². The molecule has 6 nitrogen and oxygen atoms in total. The SMILES string of the molecule is CC[C@@H](NC(=O)c1cc(C(=O)N2CCC[C@@H]2C)n2c1COCC2)c1ccccc1. The number of amides is 2. The van der Waals surface area contributed by atoms with Crippen molar-refractivity contribution in [2.45, 2.75) is 58.3 Å². The van der Waals surface area contributed by atoms with Gasteiger partial charge in [-0.25, -0.2) is 0 Å². The number of carbonyl (C=O) groups is 2. The second-order valence-electron chi connectivity index (χ2n) is 7.93. The number of rotatable bonds is 5. The topological polar surface area (TPSA) is 63.6 Å². The third-order valence-electron chi connectivity index (χ3n) is 6.10. The fraction of sp³-hybridized carbons (Fsp3) is 0.478. The molecule has 0 aliphatic carbocycles. The average Bonchev–Trinajstić information content (AvgIpc) is 3.36. The van der Waals surface area contributed by atoms with Gasteiger partial charge in [0.25, 0.3) is 11.8 Å². The minimum Gasteiger partial charge on any atom is -0.373 e. The zero-order valence-electron chi connectivity index (χ0n) is 17.2. The number of hydrogen-bond acceptors (Lipinski definition) is 3. The molecule has 2 aliphatic rings. The number of ether oxygens (including phenoxy) is 1. The summed E-state index contributed by atoms with van der Waals surface area (Å²) in [5.41, 5.74) is 3.03. The number of likely N-dealkylation sites (tertiary alicyclic amines) is 1. The van der Waals surface area contributed by atoms with Crippen LogP contribution in [0, 0.1) is 0 Å². The van der Waals surface area contributed by atoms with E-state index in [1.54, 1.807) is 6.07 Å². The molecular formula is C23H29N3O3. The smallest absolute Gasteiger partial charge is 0.270 e. The van der Waals surface area contributed by atoms with Crippen molar-refractivity contribution in [3.63, 3.8) is 0 Å². The van der Waals surface area contributed by atoms with Crippen LogP contribution in [-0.4, -0.2) is 40.5 Å². The summed E-state index contributed by atoms with van der Waals surface area (Å²) in [5.74, 6) is -0.129. The lowest BCUT2D eigenvalue weighted by Gasteiger charge is -2.24. The van der Waals surface area contributed by atoms with Gasteiger partial charge >= 0.3 is 0 Å². The Morgan fingerprint density at radius 3 is 2.72 bits per heavy atom. The van der Waals surface area contributed by atoms with E-state index < -0.39 is 0 Å². The normalized spacial score (nSPS) is 19.7. The van der Waals surface area contributed by atoms with Crippen LogP contribution in [0.4, 0.5) is 0 Å². The van der Waals surface area contributed by atoms with Crippen LogP contribution in [-0.2, 0) is 17.9 Å². The first-order chi connectivity index (χ1) is 14.1. The summed E-state index contributed by atoms with van der Waals surface area (Å²) in [6.45, 7) is 6.44. The van der Waals surface area contributed by atoms with Gasteiger partial charge in [-0.15, -0.1) is 0 Å². The number of nitrogens with zero attached hydrogens (tertiary/aromatic N) is 2. The Balaban J connectivity index is 1.62. The Kier molecular flexibility index (Phi) is 5.72. The van der Waals surface area contributed by atoms with E-state index in [4.69, 9.17) is 4.74 Å². The molecule has 6 heteroatoms. The van der Waals surface area contributed by atoms with Gasteiger partial charge < -0.3 is 19.5 Å². The fourth-order valence-corrected chi connectivity index (χ4v) is 4.42. The minimum atomic E-state index is -0.150. The van der Waals surface area contributed by atoms with Crippen molar-refractivity contribution < 1.29 is 14.3 Å². The minimum absolute atomic E-state index is 0.0206. The molecule has 2 aromatic rings. The van der Waals surface area contributed by atoms with E-state index in [9.17, 15) is 9.59 Å². The number of hydrogen-bond donors (Lipinski definition) is 1. The molecule has 2 amide bonds. The molecule has 29 heavy (non-hydrogen) atoms. The molecule has 4 rings (SSSR count). The van der Waals surface area contributed by atoms with Crippen LogP contribution in [0.15, 0.2) is 36.4 Å². The Hall–Kier alpha value is -2.60. The van der Waals surface area contributed by atoms with Crippen LogP contribution in [0.5, 0.6) is 0 Å². The van der Waals surface area contributed by atoms with E-state index in [0.717, 1.165) is 37.1 Å². The quantitative estimate of drug-likeness (QED) is 0.842. The van der Waals surface area contributed by atoms with E-state index in [-0.39, 0.29) is 23.9 Å². The van der Waals surface area contributed by atoms with Crippen molar-refractivity contribution in [2.24, 2.45) is 0 Å². The largest absolute Gasteiger partial charge is 0.373 e. The highest BCUT2D eigenvalue weighted by Gasteiger charge is 2.32. The van der Waals surface area contributed by atoms with E-state index >= 15 is 0 Å². The zero-order valence-corrected chi connectivity index (χ0v) is 17.2. The maximum absolute atomic E-state index is 13.2. The number of nitrogens with one attached hydrogen (secondary N) is 1. The molecule has 0 saturated carbocycles. The summed E-state index contributed by atoms with van der Waals surface area (Å²) >= 11 is 0. The van der Waals surface area contributed by atoms with Gasteiger partial charge in [-0.05, 0) is 37.8 Å². The molecule has 2 aliphatic heterocycles. The maximum Gasteiger partial charge on any atom is 0.270 e. The summed E-state index contributed by atoms with van der Waals surface area (Å²) in [5, 5.41) is 3.15. The van der Waals surface area contributed by atoms with Gasteiger partial charge in [0.2, 0.25) is 0 Å². The van der Waals surface area contributed by atoms with Crippen molar-refractivity contribution in [1.82, 2.24) is 14.8 Å². The highest BCUT2D eigenvalue weighted by atomic mass is 16.5. The predicted molar refractivity (Wildman–Crippen MR) is 111 cm³/mol. The summed E-state index contributed by atoms with van der Waals surface area (Å²) in [7, 11) is 0. The van der Waals surface area contributed by atoms with Crippen molar-refractivity contribution >= 4 is 11.8 Å². The van der Waals surface area contributed by atoms with Crippen LogP contribution in [0.25, 0.3) is 0 Å². The Labute approximate surface area is 171 Å². The standard InChI is InChI=1S/C23H29N3O3/c1-3-19(17-9-5-4-6-10-17)24-22(27)18-14-20(26-12-13-29-15-21(18)26)23(28)25-11-7-8-16(25)2/h4-6,9-10,14,16,19H,3,7-8,11-13,15H2,1-2H3,(H,24,27)/t16-,19+/m0/s1. The van der Waals surface area contributed by atoms with Gasteiger partial charge in [0.15, 0.2) is 0 Å². The first kappa shape index (κ1) is 19.7. The molecule has 0 spiro atoms. The van der Waals surface area contributed by atoms with Crippen molar-refractivity contribution in [3.8, 4) is 0 Å². The van der Waals surface area contributed by atoms with Crippen molar-refractivity contribution in [1.29, 1.82) is 0 Å². The van der Waals surface area contributed by atoms with Crippen molar-refractivity contribution in [3.05, 3.63) is 58.9 Å². The van der Waals surface area contributed by atoms with E-state index in [0.29, 0.717) is 31.0 Å². The maximum atomic E-state index is 13.2. The van der Waals surface area contributed by atoms with Crippen LogP contribution in [0.1, 0.15) is 71.3 Å². The third-order valence-corrected chi connectivity index (χ3v) is 6.10. The molecule has 1 fully saturated rings. The number of carbonyl (C=O) groups excluding carboxylic acids is 2. The van der Waals surface area contributed by atoms with E-state index in [2.05, 4.69) is 19.2 Å². The molecule has 0 unspecified atom stereocenters. The van der Waals surface area contributed by atoms with E-state index in [1.807, 2.05) is 39.8 Å². The molecule has 2 atom stereocenters. The molecular weight excluding hydrogens is 366 g/mol. The molecule has 154 valence electrons. The van der Waals surface area contributed by atoms with Crippen LogP contribution in [0.3, 0.4) is 0 Å². The number of benzene rings is 1. The van der Waals surface area contributed by atoms with Gasteiger partial charge in [-0.2, -0.15) is 0 Å². The Bertz CT molecular complexity index is 890. The number of fused-ring (bicyclic) bond motifs is 1. The third kappa shape index (κ3) is 3.81. The second-order valence-corrected chi connectivity index (χ2v) is 7.93. The lowest BCUT2D eigenvalue weighted by molar-refractivity contribution is 0.0683. The lowest BCUT2D eigenvalue weighted by atomic mass is 10.0. The summed E-state index contributed by atoms with van der Waals surface area (Å²) in [4.78, 5) is 28.3. The van der Waals surface area contributed by atoms with Gasteiger partial charge in [0, 0.05) is 19.1 Å². The molecule has 1 saturated heterocycles. The van der Waals surface area contributed by atoms with Crippen LogP contribution in [0.2, 0.25) is 0 Å². The fourth-order valence-electron chi connectivity index (χ4n) is 4.42. The lowest BCUT2D eigenvalue weighted by Crippen LogP contribution is -2.35. The van der Waals surface area contributed by atoms with Crippen LogP contribution >= 0.6 is 0 Å². The molecule has 0 bridgehead atoms.